The Labute approximate surface area is 120 Å². The van der Waals surface area contributed by atoms with Crippen LogP contribution < -0.4 is 15.2 Å². The Morgan fingerprint density at radius 1 is 1.33 bits per heavy atom. The van der Waals surface area contributed by atoms with Gasteiger partial charge in [-0.3, -0.25) is 4.79 Å². The molecule has 0 saturated heterocycles. The van der Waals surface area contributed by atoms with Gasteiger partial charge in [0, 0.05) is 5.56 Å². The lowest BCUT2D eigenvalue weighted by Crippen LogP contribution is -2.14. The monoisotopic (exact) mass is 281 g/mol. The Bertz CT molecular complexity index is 793. The number of hydrogen-bond acceptors (Lipinski definition) is 5. The average molecular weight is 281 g/mol. The van der Waals surface area contributed by atoms with E-state index in [1.165, 1.54) is 6.07 Å². The summed E-state index contributed by atoms with van der Waals surface area (Å²) in [7, 11) is 0. The van der Waals surface area contributed by atoms with Crippen LogP contribution in [-0.4, -0.2) is 17.7 Å². The SMILES string of the molecule is Cc1nc(C(N)=O)cc(-c2ccc3c(c2)OCO3)c1C#N. The second-order valence-corrected chi connectivity index (χ2v) is 4.56. The van der Waals surface area contributed by atoms with Crippen molar-refractivity contribution in [3.8, 4) is 28.7 Å². The molecular weight excluding hydrogens is 270 g/mol. The summed E-state index contributed by atoms with van der Waals surface area (Å²) in [5, 5.41) is 9.32. The number of ether oxygens (including phenoxy) is 2. The maximum atomic E-state index is 11.4. The molecule has 0 radical (unpaired) electrons. The molecule has 6 heteroatoms. The largest absolute Gasteiger partial charge is 0.454 e. The number of nitriles is 1. The molecule has 1 amide bonds. The minimum atomic E-state index is -0.635. The molecule has 0 atom stereocenters. The van der Waals surface area contributed by atoms with Crippen LogP contribution in [0.25, 0.3) is 11.1 Å². The van der Waals surface area contributed by atoms with Crippen LogP contribution in [0.5, 0.6) is 11.5 Å². The fourth-order valence-corrected chi connectivity index (χ4v) is 2.23. The minimum absolute atomic E-state index is 0.124. The van der Waals surface area contributed by atoms with Crippen molar-refractivity contribution in [3.63, 3.8) is 0 Å². The van der Waals surface area contributed by atoms with Gasteiger partial charge in [-0.2, -0.15) is 5.26 Å². The number of aromatic nitrogens is 1. The van der Waals surface area contributed by atoms with E-state index in [2.05, 4.69) is 11.1 Å². The zero-order valence-corrected chi connectivity index (χ0v) is 11.2. The first kappa shape index (κ1) is 12.9. The van der Waals surface area contributed by atoms with E-state index in [9.17, 15) is 10.1 Å². The number of rotatable bonds is 2. The topological polar surface area (TPSA) is 98.2 Å². The smallest absolute Gasteiger partial charge is 0.267 e. The van der Waals surface area contributed by atoms with Gasteiger partial charge in [0.1, 0.15) is 11.8 Å². The highest BCUT2D eigenvalue weighted by molar-refractivity contribution is 5.93. The van der Waals surface area contributed by atoms with Crippen LogP contribution in [0.2, 0.25) is 0 Å². The zero-order chi connectivity index (χ0) is 15.0. The first-order valence-corrected chi connectivity index (χ1v) is 6.21. The molecule has 1 aliphatic heterocycles. The summed E-state index contributed by atoms with van der Waals surface area (Å²) < 4.78 is 10.6. The molecule has 104 valence electrons. The van der Waals surface area contributed by atoms with E-state index in [1.54, 1.807) is 25.1 Å². The predicted octanol–water partition coefficient (Wildman–Crippen LogP) is 1.76. The third-order valence-corrected chi connectivity index (χ3v) is 3.25. The van der Waals surface area contributed by atoms with Gasteiger partial charge in [0.25, 0.3) is 5.91 Å². The number of amides is 1. The molecule has 0 saturated carbocycles. The molecular formula is C15H11N3O3. The number of hydrogen-bond donors (Lipinski definition) is 1. The Hall–Kier alpha value is -3.07. The van der Waals surface area contributed by atoms with E-state index >= 15 is 0 Å². The van der Waals surface area contributed by atoms with Gasteiger partial charge in [-0.15, -0.1) is 0 Å². The average Bonchev–Trinajstić information content (AvgIpc) is 2.93. The summed E-state index contributed by atoms with van der Waals surface area (Å²) in [6.45, 7) is 1.84. The number of aryl methyl sites for hydroxylation is 1. The van der Waals surface area contributed by atoms with Crippen LogP contribution in [0.15, 0.2) is 24.3 Å². The van der Waals surface area contributed by atoms with E-state index in [0.29, 0.717) is 28.3 Å². The number of fused-ring (bicyclic) bond motifs is 1. The van der Waals surface area contributed by atoms with Crippen LogP contribution >= 0.6 is 0 Å². The standard InChI is InChI=1S/C15H11N3O3/c1-8-11(6-16)10(5-12(18-8)15(17)19)9-2-3-13-14(4-9)21-7-20-13/h2-5H,7H2,1H3,(H2,17,19). The summed E-state index contributed by atoms with van der Waals surface area (Å²) in [5.74, 6) is 0.620. The highest BCUT2D eigenvalue weighted by Crippen LogP contribution is 2.37. The fraction of sp³-hybridized carbons (Fsp3) is 0.133. The van der Waals surface area contributed by atoms with Gasteiger partial charge in [-0.05, 0) is 30.7 Å². The number of carbonyl (C=O) groups excluding carboxylic acids is 1. The quantitative estimate of drug-likeness (QED) is 0.904. The molecule has 1 aliphatic rings. The van der Waals surface area contributed by atoms with Crippen LogP contribution in [-0.2, 0) is 0 Å². The van der Waals surface area contributed by atoms with Gasteiger partial charge >= 0.3 is 0 Å². The first-order valence-electron chi connectivity index (χ1n) is 6.21. The molecule has 0 bridgehead atoms. The highest BCUT2D eigenvalue weighted by atomic mass is 16.7. The van der Waals surface area contributed by atoms with Crippen molar-refractivity contribution >= 4 is 5.91 Å². The third kappa shape index (κ3) is 2.15. The second-order valence-electron chi connectivity index (χ2n) is 4.56. The molecule has 0 aliphatic carbocycles. The van der Waals surface area contributed by atoms with Gasteiger partial charge in [0.05, 0.1) is 11.3 Å². The van der Waals surface area contributed by atoms with Gasteiger partial charge in [-0.25, -0.2) is 4.98 Å². The Kier molecular flexibility index (Phi) is 2.95. The minimum Gasteiger partial charge on any atom is -0.454 e. The Balaban J connectivity index is 2.21. The lowest BCUT2D eigenvalue weighted by atomic mass is 9.98. The fourth-order valence-electron chi connectivity index (χ4n) is 2.23. The summed E-state index contributed by atoms with van der Waals surface area (Å²) in [6.07, 6.45) is 0. The molecule has 2 aromatic rings. The third-order valence-electron chi connectivity index (χ3n) is 3.25. The summed E-state index contributed by atoms with van der Waals surface area (Å²) in [5.41, 5.74) is 7.60. The van der Waals surface area contributed by atoms with Crippen LogP contribution in [0.3, 0.4) is 0 Å². The van der Waals surface area contributed by atoms with Gasteiger partial charge < -0.3 is 15.2 Å². The Morgan fingerprint density at radius 2 is 2.10 bits per heavy atom. The molecule has 1 aromatic heterocycles. The number of pyridine rings is 1. The van der Waals surface area contributed by atoms with Crippen molar-refractivity contribution < 1.29 is 14.3 Å². The van der Waals surface area contributed by atoms with E-state index in [0.717, 1.165) is 5.56 Å². The van der Waals surface area contributed by atoms with Gasteiger partial charge in [-0.1, -0.05) is 6.07 Å². The first-order chi connectivity index (χ1) is 10.1. The lowest BCUT2D eigenvalue weighted by molar-refractivity contribution is 0.0995. The Morgan fingerprint density at radius 3 is 2.81 bits per heavy atom. The van der Waals surface area contributed by atoms with Gasteiger partial charge in [0.2, 0.25) is 6.79 Å². The molecule has 2 N–H and O–H groups in total. The highest BCUT2D eigenvalue weighted by Gasteiger charge is 2.18. The van der Waals surface area contributed by atoms with Crippen molar-refractivity contribution in [1.82, 2.24) is 4.98 Å². The molecule has 6 nitrogen and oxygen atoms in total. The van der Waals surface area contributed by atoms with Crippen LogP contribution in [0.1, 0.15) is 21.7 Å². The van der Waals surface area contributed by atoms with Crippen molar-refractivity contribution in [2.75, 3.05) is 6.79 Å². The maximum Gasteiger partial charge on any atom is 0.267 e. The van der Waals surface area contributed by atoms with Crippen molar-refractivity contribution in [1.29, 1.82) is 5.26 Å². The summed E-state index contributed by atoms with van der Waals surface area (Å²) in [4.78, 5) is 15.4. The van der Waals surface area contributed by atoms with Crippen molar-refractivity contribution in [3.05, 3.63) is 41.2 Å². The van der Waals surface area contributed by atoms with E-state index in [4.69, 9.17) is 15.2 Å². The molecule has 3 rings (SSSR count). The summed E-state index contributed by atoms with van der Waals surface area (Å²) in [6, 6.07) is 8.96. The number of nitrogens with zero attached hydrogens (tertiary/aromatic N) is 2. The zero-order valence-electron chi connectivity index (χ0n) is 11.2. The number of benzene rings is 1. The maximum absolute atomic E-state index is 11.4. The van der Waals surface area contributed by atoms with E-state index in [1.807, 2.05) is 0 Å². The van der Waals surface area contributed by atoms with E-state index < -0.39 is 5.91 Å². The van der Waals surface area contributed by atoms with E-state index in [-0.39, 0.29) is 12.5 Å². The second kappa shape index (κ2) is 4.80. The number of nitrogens with two attached hydrogens (primary N) is 1. The molecule has 21 heavy (non-hydrogen) atoms. The van der Waals surface area contributed by atoms with Gasteiger partial charge in [0.15, 0.2) is 11.5 Å². The van der Waals surface area contributed by atoms with Crippen molar-refractivity contribution in [2.45, 2.75) is 6.92 Å². The molecule has 0 fully saturated rings. The normalized spacial score (nSPS) is 12.0. The number of carbonyl (C=O) groups is 1. The van der Waals surface area contributed by atoms with Crippen LogP contribution in [0.4, 0.5) is 0 Å². The lowest BCUT2D eigenvalue weighted by Gasteiger charge is -2.09. The number of primary amides is 1. The van der Waals surface area contributed by atoms with Crippen molar-refractivity contribution in [2.24, 2.45) is 5.73 Å². The molecule has 0 unspecified atom stereocenters. The summed E-state index contributed by atoms with van der Waals surface area (Å²) >= 11 is 0. The van der Waals surface area contributed by atoms with Crippen LogP contribution in [0, 0.1) is 18.3 Å². The molecule has 2 heterocycles. The molecule has 1 aromatic carbocycles. The molecule has 0 spiro atoms. The predicted molar refractivity (Wildman–Crippen MR) is 73.8 cm³/mol.